The van der Waals surface area contributed by atoms with Crippen molar-refractivity contribution < 1.29 is 9.31 Å². The van der Waals surface area contributed by atoms with Crippen molar-refractivity contribution in [1.82, 2.24) is 14.8 Å². The largest absolute Gasteiger partial charge is 0.490 e. The van der Waals surface area contributed by atoms with E-state index in [1.807, 2.05) is 24.9 Å². The molecule has 0 bridgehead atoms. The summed E-state index contributed by atoms with van der Waals surface area (Å²) in [6.45, 7) is 14.5. The summed E-state index contributed by atoms with van der Waals surface area (Å²) in [6, 6.07) is 2.16. The molecule has 1 saturated heterocycles. The number of hydrogen-bond acceptors (Lipinski definition) is 5. The Balaban J connectivity index is 1.63. The Kier molecular flexibility index (Phi) is 4.16. The molecule has 2 aliphatic rings. The molecule has 27 heavy (non-hydrogen) atoms. The molecule has 2 aromatic rings. The van der Waals surface area contributed by atoms with E-state index in [-0.39, 0.29) is 18.3 Å². The Morgan fingerprint density at radius 2 is 1.78 bits per heavy atom. The average Bonchev–Trinajstić information content (AvgIpc) is 3.03. The summed E-state index contributed by atoms with van der Waals surface area (Å²) < 4.78 is 14.4. The van der Waals surface area contributed by atoms with Gasteiger partial charge in [-0.3, -0.25) is 4.68 Å². The van der Waals surface area contributed by atoms with Crippen molar-refractivity contribution in [1.29, 1.82) is 0 Å². The van der Waals surface area contributed by atoms with Crippen LogP contribution in [-0.2, 0) is 16.4 Å². The molecule has 6 nitrogen and oxygen atoms in total. The summed E-state index contributed by atoms with van der Waals surface area (Å²) in [6.07, 6.45) is 2.85. The van der Waals surface area contributed by atoms with Crippen LogP contribution in [-0.4, -0.2) is 46.2 Å². The van der Waals surface area contributed by atoms with E-state index in [0.717, 1.165) is 36.2 Å². The van der Waals surface area contributed by atoms with Crippen LogP contribution in [0.2, 0.25) is 0 Å². The zero-order valence-electron chi connectivity index (χ0n) is 17.5. The molecule has 0 unspecified atom stereocenters. The molecular formula is C20H29BN4O2. The van der Waals surface area contributed by atoms with E-state index in [2.05, 4.69) is 55.7 Å². The van der Waals surface area contributed by atoms with Gasteiger partial charge in [0.25, 0.3) is 0 Å². The van der Waals surface area contributed by atoms with Crippen LogP contribution < -0.4 is 4.90 Å². The first-order valence-corrected chi connectivity index (χ1v) is 9.67. The van der Waals surface area contributed by atoms with Crippen LogP contribution in [0.15, 0.2) is 23.3 Å². The lowest BCUT2D eigenvalue weighted by Crippen LogP contribution is -2.41. The fourth-order valence-electron chi connectivity index (χ4n) is 3.93. The molecule has 0 saturated carbocycles. The number of aryl methyl sites for hydroxylation is 2. The summed E-state index contributed by atoms with van der Waals surface area (Å²) >= 11 is 0. The Hall–Kier alpha value is -1.86. The predicted molar refractivity (Wildman–Crippen MR) is 109 cm³/mol. The Labute approximate surface area is 161 Å². The molecular weight excluding hydrogens is 339 g/mol. The Morgan fingerprint density at radius 1 is 1.11 bits per heavy atom. The molecule has 0 aromatic carbocycles. The predicted octanol–water partition coefficient (Wildman–Crippen LogP) is 3.43. The summed E-state index contributed by atoms with van der Waals surface area (Å²) in [5.41, 5.74) is 5.17. The summed E-state index contributed by atoms with van der Waals surface area (Å²) in [5, 5.41) is 5.50. The fraction of sp³-hybridized carbons (Fsp3) is 0.600. The number of anilines is 1. The maximum atomic E-state index is 6.29. The van der Waals surface area contributed by atoms with E-state index < -0.39 is 0 Å². The van der Waals surface area contributed by atoms with Gasteiger partial charge in [0.2, 0.25) is 0 Å². The molecule has 144 valence electrons. The lowest BCUT2D eigenvalue weighted by atomic mass is 9.72. The highest BCUT2D eigenvalue weighted by atomic mass is 16.7. The molecule has 0 N–H and O–H groups in total. The van der Waals surface area contributed by atoms with Gasteiger partial charge < -0.3 is 14.2 Å². The highest BCUT2D eigenvalue weighted by molar-refractivity contribution is 6.54. The van der Waals surface area contributed by atoms with Gasteiger partial charge in [0.05, 0.1) is 28.5 Å². The van der Waals surface area contributed by atoms with E-state index in [9.17, 15) is 0 Å². The quantitative estimate of drug-likeness (QED) is 0.761. The second-order valence-corrected chi connectivity index (χ2v) is 8.85. The van der Waals surface area contributed by atoms with Crippen LogP contribution in [0.3, 0.4) is 0 Å². The topological polar surface area (TPSA) is 52.4 Å². The molecule has 0 spiro atoms. The standard InChI is InChI=1S/C20H29BN4O2/c1-13-12-25(17-10-14(2)23-18-15(17)11-22-24(18)7)9-8-16(13)21-26-19(3,4)20(5,6)27-21/h10-11H,8-9,12H2,1-7H3. The first-order valence-electron chi connectivity index (χ1n) is 9.67. The molecule has 4 heterocycles. The van der Waals surface area contributed by atoms with Crippen molar-refractivity contribution >= 4 is 23.8 Å². The molecule has 7 heteroatoms. The number of fused-ring (bicyclic) bond motifs is 1. The first kappa shape index (κ1) is 18.5. The van der Waals surface area contributed by atoms with E-state index in [0.29, 0.717) is 0 Å². The molecule has 2 aromatic heterocycles. The van der Waals surface area contributed by atoms with Crippen molar-refractivity contribution in [2.24, 2.45) is 7.05 Å². The van der Waals surface area contributed by atoms with Crippen LogP contribution >= 0.6 is 0 Å². The first-order chi connectivity index (χ1) is 12.6. The van der Waals surface area contributed by atoms with Crippen LogP contribution in [0, 0.1) is 6.92 Å². The highest BCUT2D eigenvalue weighted by Crippen LogP contribution is 2.41. The van der Waals surface area contributed by atoms with Crippen LogP contribution in [0.25, 0.3) is 11.0 Å². The van der Waals surface area contributed by atoms with Gasteiger partial charge in [-0.05, 0) is 59.5 Å². The zero-order valence-corrected chi connectivity index (χ0v) is 17.5. The van der Waals surface area contributed by atoms with Crippen LogP contribution in [0.5, 0.6) is 0 Å². The van der Waals surface area contributed by atoms with Gasteiger partial charge in [-0.15, -0.1) is 0 Å². The lowest BCUT2D eigenvalue weighted by molar-refractivity contribution is 0.00578. The molecule has 0 radical (unpaired) electrons. The van der Waals surface area contributed by atoms with Crippen LogP contribution in [0.4, 0.5) is 5.69 Å². The molecule has 1 fully saturated rings. The van der Waals surface area contributed by atoms with Gasteiger partial charge in [0, 0.05) is 25.8 Å². The molecule has 2 aliphatic heterocycles. The van der Waals surface area contributed by atoms with E-state index in [1.165, 1.54) is 16.7 Å². The van der Waals surface area contributed by atoms with E-state index >= 15 is 0 Å². The van der Waals surface area contributed by atoms with Gasteiger partial charge in [-0.25, -0.2) is 4.98 Å². The van der Waals surface area contributed by atoms with Gasteiger partial charge in [-0.2, -0.15) is 5.10 Å². The van der Waals surface area contributed by atoms with Gasteiger partial charge in [0.15, 0.2) is 5.65 Å². The molecule has 4 rings (SSSR count). The van der Waals surface area contributed by atoms with Crippen molar-refractivity contribution in [3.63, 3.8) is 0 Å². The lowest BCUT2D eigenvalue weighted by Gasteiger charge is -2.32. The van der Waals surface area contributed by atoms with Crippen molar-refractivity contribution in [2.75, 3.05) is 18.0 Å². The van der Waals surface area contributed by atoms with Gasteiger partial charge in [-0.1, -0.05) is 5.57 Å². The third-order valence-corrected chi connectivity index (χ3v) is 6.32. The highest BCUT2D eigenvalue weighted by Gasteiger charge is 2.52. The Bertz CT molecular complexity index is 915. The maximum absolute atomic E-state index is 6.29. The second kappa shape index (κ2) is 6.07. The maximum Gasteiger partial charge on any atom is 0.490 e. The van der Waals surface area contributed by atoms with Crippen molar-refractivity contribution in [3.05, 3.63) is 29.0 Å². The minimum absolute atomic E-state index is 0.241. The fourth-order valence-corrected chi connectivity index (χ4v) is 3.93. The minimum atomic E-state index is -0.299. The van der Waals surface area contributed by atoms with Gasteiger partial charge in [0.1, 0.15) is 0 Å². The number of aromatic nitrogens is 3. The third kappa shape index (κ3) is 2.97. The number of rotatable bonds is 2. The SMILES string of the molecule is CC1=C(B2OC(C)(C)C(C)(C)O2)CCN(c2cc(C)nc3c2cnn3C)C1. The molecule has 0 amide bonds. The monoisotopic (exact) mass is 368 g/mol. The smallest absolute Gasteiger partial charge is 0.400 e. The van der Waals surface area contributed by atoms with Crippen molar-refractivity contribution in [2.45, 2.75) is 59.2 Å². The number of pyridine rings is 1. The summed E-state index contributed by atoms with van der Waals surface area (Å²) in [7, 11) is 1.70. The number of hydrogen-bond donors (Lipinski definition) is 0. The number of nitrogens with zero attached hydrogens (tertiary/aromatic N) is 4. The third-order valence-electron chi connectivity index (χ3n) is 6.32. The second-order valence-electron chi connectivity index (χ2n) is 8.85. The van der Waals surface area contributed by atoms with E-state index in [1.54, 1.807) is 0 Å². The summed E-state index contributed by atoms with van der Waals surface area (Å²) in [4.78, 5) is 7.06. The minimum Gasteiger partial charge on any atom is -0.400 e. The normalized spacial score (nSPS) is 22.2. The van der Waals surface area contributed by atoms with E-state index in [4.69, 9.17) is 9.31 Å². The Morgan fingerprint density at radius 3 is 2.41 bits per heavy atom. The molecule has 0 atom stereocenters. The van der Waals surface area contributed by atoms with Crippen molar-refractivity contribution in [3.8, 4) is 0 Å². The van der Waals surface area contributed by atoms with Crippen LogP contribution in [0.1, 0.15) is 46.7 Å². The molecule has 0 aliphatic carbocycles. The zero-order chi connectivity index (χ0) is 19.6. The summed E-state index contributed by atoms with van der Waals surface area (Å²) in [5.74, 6) is 0. The van der Waals surface area contributed by atoms with Gasteiger partial charge >= 0.3 is 7.12 Å². The average molecular weight is 368 g/mol.